The standard InChI is InChI=1S/C15H24FN3O.HI/c1-3-17-15(19-10-12(2)11-20)18-9-8-13-6-4-5-7-14(13)16;/h4-7,12,20H,3,8-11H2,1-2H3,(H2,17,18,19);1H. The van der Waals surface area contributed by atoms with Crippen LogP contribution in [0.25, 0.3) is 0 Å². The third-order valence-corrected chi connectivity index (χ3v) is 2.86. The van der Waals surface area contributed by atoms with Crippen molar-refractivity contribution in [2.45, 2.75) is 20.3 Å². The predicted molar refractivity (Wildman–Crippen MR) is 95.8 cm³/mol. The molecule has 0 spiro atoms. The highest BCUT2D eigenvalue weighted by atomic mass is 127. The number of aliphatic hydroxyl groups excluding tert-OH is 1. The molecule has 0 saturated carbocycles. The number of nitrogens with one attached hydrogen (secondary N) is 2. The van der Waals surface area contributed by atoms with Crippen LogP contribution in [-0.4, -0.2) is 37.3 Å². The Labute approximate surface area is 143 Å². The van der Waals surface area contributed by atoms with Crippen LogP contribution in [0.5, 0.6) is 0 Å². The number of guanidine groups is 1. The number of rotatable bonds is 7. The van der Waals surface area contributed by atoms with Crippen LogP contribution in [0.3, 0.4) is 0 Å². The number of hydrogen-bond donors (Lipinski definition) is 3. The second-order valence-electron chi connectivity index (χ2n) is 4.78. The van der Waals surface area contributed by atoms with Crippen molar-refractivity contribution in [3.05, 3.63) is 35.6 Å². The summed E-state index contributed by atoms with van der Waals surface area (Å²) in [5.74, 6) is 0.659. The molecule has 1 rings (SSSR count). The summed E-state index contributed by atoms with van der Waals surface area (Å²) >= 11 is 0. The van der Waals surface area contributed by atoms with Crippen LogP contribution in [0.4, 0.5) is 4.39 Å². The smallest absolute Gasteiger partial charge is 0.191 e. The van der Waals surface area contributed by atoms with E-state index in [0.717, 1.165) is 6.54 Å². The molecule has 0 aromatic heterocycles. The van der Waals surface area contributed by atoms with Gasteiger partial charge in [0.25, 0.3) is 0 Å². The maximum absolute atomic E-state index is 13.5. The molecular weight excluding hydrogens is 384 g/mol. The lowest BCUT2D eigenvalue weighted by molar-refractivity contribution is 0.241. The van der Waals surface area contributed by atoms with Gasteiger partial charge in [0.2, 0.25) is 0 Å². The summed E-state index contributed by atoms with van der Waals surface area (Å²) in [6.45, 7) is 5.99. The average molecular weight is 409 g/mol. The van der Waals surface area contributed by atoms with Crippen LogP contribution in [0.2, 0.25) is 0 Å². The quantitative estimate of drug-likeness (QED) is 0.368. The number of hydrogen-bond acceptors (Lipinski definition) is 2. The molecule has 0 aliphatic carbocycles. The molecule has 0 saturated heterocycles. The lowest BCUT2D eigenvalue weighted by Gasteiger charge is -2.12. The van der Waals surface area contributed by atoms with E-state index in [1.165, 1.54) is 6.07 Å². The van der Waals surface area contributed by atoms with E-state index in [1.807, 2.05) is 19.9 Å². The highest BCUT2D eigenvalue weighted by molar-refractivity contribution is 14.0. The van der Waals surface area contributed by atoms with Gasteiger partial charge in [0, 0.05) is 26.2 Å². The van der Waals surface area contributed by atoms with Gasteiger partial charge in [-0.05, 0) is 30.9 Å². The lowest BCUT2D eigenvalue weighted by atomic mass is 10.1. The van der Waals surface area contributed by atoms with Crippen molar-refractivity contribution in [3.63, 3.8) is 0 Å². The van der Waals surface area contributed by atoms with E-state index < -0.39 is 0 Å². The van der Waals surface area contributed by atoms with Crippen molar-refractivity contribution < 1.29 is 9.50 Å². The van der Waals surface area contributed by atoms with Crippen LogP contribution >= 0.6 is 24.0 Å². The molecule has 3 N–H and O–H groups in total. The van der Waals surface area contributed by atoms with E-state index in [1.54, 1.807) is 12.1 Å². The minimum absolute atomic E-state index is 0. The van der Waals surface area contributed by atoms with Gasteiger partial charge in [0.05, 0.1) is 0 Å². The number of nitrogens with zero attached hydrogens (tertiary/aromatic N) is 1. The molecule has 0 amide bonds. The summed E-state index contributed by atoms with van der Waals surface area (Å²) < 4.78 is 13.5. The number of aliphatic hydroxyl groups is 1. The monoisotopic (exact) mass is 409 g/mol. The van der Waals surface area contributed by atoms with Crippen LogP contribution in [0.1, 0.15) is 19.4 Å². The van der Waals surface area contributed by atoms with Crippen molar-refractivity contribution in [1.29, 1.82) is 0 Å². The zero-order valence-corrected chi connectivity index (χ0v) is 14.9. The summed E-state index contributed by atoms with van der Waals surface area (Å²) in [5, 5.41) is 15.3. The first-order valence-electron chi connectivity index (χ1n) is 7.03. The molecular formula is C15H25FIN3O. The van der Waals surface area contributed by atoms with E-state index >= 15 is 0 Å². The van der Waals surface area contributed by atoms with Gasteiger partial charge in [-0.3, -0.25) is 4.99 Å². The predicted octanol–water partition coefficient (Wildman–Crippen LogP) is 2.17. The minimum Gasteiger partial charge on any atom is -0.396 e. The topological polar surface area (TPSA) is 56.7 Å². The molecule has 0 bridgehead atoms. The maximum atomic E-state index is 13.5. The minimum atomic E-state index is -0.176. The van der Waals surface area contributed by atoms with Crippen LogP contribution in [0.15, 0.2) is 29.3 Å². The number of benzene rings is 1. The highest BCUT2D eigenvalue weighted by Crippen LogP contribution is 2.06. The first kappa shape index (κ1) is 20.1. The summed E-state index contributed by atoms with van der Waals surface area (Å²) in [5.41, 5.74) is 0.694. The van der Waals surface area contributed by atoms with Crippen LogP contribution in [0, 0.1) is 11.7 Å². The van der Waals surface area contributed by atoms with E-state index in [0.29, 0.717) is 31.0 Å². The van der Waals surface area contributed by atoms with Crippen LogP contribution < -0.4 is 10.6 Å². The normalized spacial score (nSPS) is 12.5. The van der Waals surface area contributed by atoms with Gasteiger partial charge < -0.3 is 15.7 Å². The third-order valence-electron chi connectivity index (χ3n) is 2.86. The molecule has 120 valence electrons. The summed E-state index contributed by atoms with van der Waals surface area (Å²) in [6.07, 6.45) is 0.604. The Balaban J connectivity index is 0.00000400. The summed E-state index contributed by atoms with van der Waals surface area (Å²) in [6, 6.07) is 6.78. The van der Waals surface area contributed by atoms with Crippen molar-refractivity contribution in [2.75, 3.05) is 26.2 Å². The zero-order chi connectivity index (χ0) is 14.8. The molecule has 1 aromatic carbocycles. The molecule has 1 unspecified atom stereocenters. The first-order valence-corrected chi connectivity index (χ1v) is 7.03. The molecule has 1 aromatic rings. The van der Waals surface area contributed by atoms with Crippen molar-refractivity contribution in [1.82, 2.24) is 10.6 Å². The average Bonchev–Trinajstić information content (AvgIpc) is 2.46. The highest BCUT2D eigenvalue weighted by Gasteiger charge is 2.03. The molecule has 0 fully saturated rings. The van der Waals surface area contributed by atoms with E-state index in [-0.39, 0.29) is 42.3 Å². The zero-order valence-electron chi connectivity index (χ0n) is 12.6. The van der Waals surface area contributed by atoms with Gasteiger partial charge in [-0.1, -0.05) is 25.1 Å². The Morgan fingerprint density at radius 2 is 2.05 bits per heavy atom. The van der Waals surface area contributed by atoms with Gasteiger partial charge in [0.15, 0.2) is 5.96 Å². The molecule has 21 heavy (non-hydrogen) atoms. The van der Waals surface area contributed by atoms with Crippen molar-refractivity contribution in [3.8, 4) is 0 Å². The third kappa shape index (κ3) is 8.21. The van der Waals surface area contributed by atoms with Crippen LogP contribution in [-0.2, 0) is 6.42 Å². The number of halogens is 2. The second-order valence-corrected chi connectivity index (χ2v) is 4.78. The fourth-order valence-corrected chi connectivity index (χ4v) is 1.66. The maximum Gasteiger partial charge on any atom is 0.191 e. The lowest BCUT2D eigenvalue weighted by Crippen LogP contribution is -2.38. The van der Waals surface area contributed by atoms with Gasteiger partial charge in [-0.25, -0.2) is 4.39 Å². The molecule has 6 heteroatoms. The Hall–Kier alpha value is -0.890. The Morgan fingerprint density at radius 3 is 2.67 bits per heavy atom. The molecule has 0 aliphatic rings. The van der Waals surface area contributed by atoms with Gasteiger partial charge in [0.1, 0.15) is 5.82 Å². The van der Waals surface area contributed by atoms with Crippen molar-refractivity contribution >= 4 is 29.9 Å². The number of aliphatic imine (C=N–C) groups is 1. The Kier molecular flexibility index (Phi) is 11.2. The van der Waals surface area contributed by atoms with E-state index in [9.17, 15) is 4.39 Å². The molecule has 0 aliphatic heterocycles. The Morgan fingerprint density at radius 1 is 1.33 bits per heavy atom. The SMILES string of the molecule is CCNC(=NCC(C)CO)NCCc1ccccc1F.I. The van der Waals surface area contributed by atoms with Gasteiger partial charge >= 0.3 is 0 Å². The Bertz CT molecular complexity index is 429. The second kappa shape index (κ2) is 11.7. The molecule has 1 atom stereocenters. The summed E-state index contributed by atoms with van der Waals surface area (Å²) in [7, 11) is 0. The molecule has 0 radical (unpaired) electrons. The summed E-state index contributed by atoms with van der Waals surface area (Å²) in [4.78, 5) is 4.38. The molecule has 0 heterocycles. The van der Waals surface area contributed by atoms with E-state index in [2.05, 4.69) is 15.6 Å². The fourth-order valence-electron chi connectivity index (χ4n) is 1.66. The largest absolute Gasteiger partial charge is 0.396 e. The fraction of sp³-hybridized carbons (Fsp3) is 0.533. The van der Waals surface area contributed by atoms with Crippen molar-refractivity contribution in [2.24, 2.45) is 10.9 Å². The molecule has 4 nitrogen and oxygen atoms in total. The first-order chi connectivity index (χ1) is 9.67. The van der Waals surface area contributed by atoms with Gasteiger partial charge in [-0.15, -0.1) is 24.0 Å². The van der Waals surface area contributed by atoms with Gasteiger partial charge in [-0.2, -0.15) is 0 Å². The van der Waals surface area contributed by atoms with E-state index in [4.69, 9.17) is 5.11 Å².